The van der Waals surface area contributed by atoms with Gasteiger partial charge in [0.15, 0.2) is 0 Å². The molecule has 16 heteroatoms. The van der Waals surface area contributed by atoms with Gasteiger partial charge in [0.1, 0.15) is 26.2 Å². The smallest absolute Gasteiger partial charge is 0.229 e. The summed E-state index contributed by atoms with van der Waals surface area (Å²) in [6, 6.07) is 15.1. The van der Waals surface area contributed by atoms with Crippen LogP contribution in [-0.2, 0) is 20.0 Å². The second-order valence-corrected chi connectivity index (χ2v) is 13.1. The van der Waals surface area contributed by atoms with Crippen LogP contribution in [0.2, 0.25) is 0 Å². The number of nitrogens with zero attached hydrogens (tertiary/aromatic N) is 6. The fraction of sp³-hybridized carbons (Fsp3) is 0.286. The Bertz CT molecular complexity index is 1570. The molecule has 4 aromatic rings. The van der Waals surface area contributed by atoms with Crippen molar-refractivity contribution < 1.29 is 27.5 Å². The number of hydrogen-bond acceptors (Lipinski definition) is 10. The minimum absolute atomic E-state index is 0.0597. The Hall–Kier alpha value is -4.38. The number of anilines is 2. The van der Waals surface area contributed by atoms with Gasteiger partial charge in [0, 0.05) is 23.3 Å². The molecule has 0 amide bonds. The molecule has 0 radical (unpaired) electrons. The Kier molecular flexibility index (Phi) is 11.9. The van der Waals surface area contributed by atoms with E-state index in [9.17, 15) is 16.8 Å². The quantitative estimate of drug-likeness (QED) is 0.220. The van der Waals surface area contributed by atoms with Gasteiger partial charge in [-0.25, -0.2) is 16.8 Å². The second kappa shape index (κ2) is 15.4. The van der Waals surface area contributed by atoms with E-state index in [0.717, 1.165) is 0 Å². The van der Waals surface area contributed by atoms with Gasteiger partial charge in [0.25, 0.3) is 0 Å². The molecule has 0 saturated carbocycles. The van der Waals surface area contributed by atoms with Gasteiger partial charge in [-0.1, -0.05) is 12.1 Å². The van der Waals surface area contributed by atoms with Gasteiger partial charge in [0.05, 0.1) is 9.79 Å². The van der Waals surface area contributed by atoms with E-state index in [0.29, 0.717) is 34.2 Å². The molecular formula is C28H38N10O4S2. The fourth-order valence-corrected chi connectivity index (χ4v) is 5.62. The van der Waals surface area contributed by atoms with E-state index in [-0.39, 0.29) is 21.7 Å². The standard InChI is InChI=1S/2C12H13N4O2S.C4H10N2/c2*1-8-7-9(2)15-12(14-8)16-19(17,18)11-5-3-10(13)4-6-11;1-2-6-4-3-5-1/h2*3-7H,13H2,1-2H3;5-6H,1-4H2/q2*-1;/p+2. The van der Waals surface area contributed by atoms with E-state index in [1.807, 2.05) is 0 Å². The predicted molar refractivity (Wildman–Crippen MR) is 168 cm³/mol. The van der Waals surface area contributed by atoms with Crippen molar-refractivity contribution in [2.45, 2.75) is 37.5 Å². The maximum absolute atomic E-state index is 12.0. The highest BCUT2D eigenvalue weighted by Crippen LogP contribution is 2.26. The number of piperazine rings is 1. The lowest BCUT2D eigenvalue weighted by Crippen LogP contribution is -3.04. The van der Waals surface area contributed by atoms with Gasteiger partial charge in [-0.05, 0) is 99.0 Å². The van der Waals surface area contributed by atoms with Crippen molar-refractivity contribution in [1.29, 1.82) is 0 Å². The van der Waals surface area contributed by atoms with Crippen LogP contribution in [0.1, 0.15) is 22.8 Å². The first-order chi connectivity index (χ1) is 20.7. The van der Waals surface area contributed by atoms with Crippen LogP contribution in [0.4, 0.5) is 23.3 Å². The molecule has 236 valence electrons. The molecule has 0 unspecified atom stereocenters. The third-order valence-corrected chi connectivity index (χ3v) is 8.39. The van der Waals surface area contributed by atoms with E-state index in [1.165, 1.54) is 74.7 Å². The third kappa shape index (κ3) is 11.0. The summed E-state index contributed by atoms with van der Waals surface area (Å²) in [6.07, 6.45) is 0. The van der Waals surface area contributed by atoms with Crippen molar-refractivity contribution in [3.63, 3.8) is 0 Å². The molecular weight excluding hydrogens is 605 g/mol. The maximum atomic E-state index is 12.0. The number of rotatable bonds is 6. The van der Waals surface area contributed by atoms with Gasteiger partial charge < -0.3 is 42.0 Å². The molecule has 1 aliphatic rings. The lowest BCUT2D eigenvalue weighted by atomic mass is 10.3. The zero-order valence-corrected chi connectivity index (χ0v) is 26.7. The first-order valence-electron chi connectivity index (χ1n) is 13.7. The summed E-state index contributed by atoms with van der Waals surface area (Å²) < 4.78 is 55.4. The van der Waals surface area contributed by atoms with Gasteiger partial charge >= 0.3 is 0 Å². The number of quaternary nitrogens is 2. The molecule has 8 N–H and O–H groups in total. The topological polar surface area (TPSA) is 233 Å². The highest BCUT2D eigenvalue weighted by molar-refractivity contribution is 7.94. The minimum atomic E-state index is -3.82. The monoisotopic (exact) mass is 642 g/mol. The molecule has 44 heavy (non-hydrogen) atoms. The molecule has 1 saturated heterocycles. The Morgan fingerprint density at radius 1 is 0.545 bits per heavy atom. The first-order valence-corrected chi connectivity index (χ1v) is 16.6. The molecule has 1 aliphatic heterocycles. The summed E-state index contributed by atoms with van der Waals surface area (Å²) >= 11 is 0. The van der Waals surface area contributed by atoms with Crippen LogP contribution in [0.25, 0.3) is 9.44 Å². The molecule has 0 spiro atoms. The normalized spacial score (nSPS) is 13.0. The SMILES string of the molecule is C1C[NH2+]CC[NH2+]1.Cc1cc(C)nc([N-]S(=O)(=O)c2ccc(N)cc2)n1.Cc1cc(C)nc([N-]S(=O)(=O)c2ccc(N)cc2)n1. The Labute approximate surface area is 258 Å². The van der Waals surface area contributed by atoms with Gasteiger partial charge in [-0.3, -0.25) is 9.44 Å². The zero-order valence-electron chi connectivity index (χ0n) is 25.0. The van der Waals surface area contributed by atoms with Crippen LogP contribution in [-0.4, -0.2) is 63.0 Å². The molecule has 14 nitrogen and oxygen atoms in total. The summed E-state index contributed by atoms with van der Waals surface area (Å²) in [6.45, 7) is 12.3. The van der Waals surface area contributed by atoms with Crippen LogP contribution >= 0.6 is 0 Å². The van der Waals surface area contributed by atoms with E-state index >= 15 is 0 Å². The van der Waals surface area contributed by atoms with Gasteiger partial charge in [-0.2, -0.15) is 0 Å². The Morgan fingerprint density at radius 2 is 0.818 bits per heavy atom. The number of benzene rings is 2. The Morgan fingerprint density at radius 3 is 1.07 bits per heavy atom. The number of sulfonamides is 2. The van der Waals surface area contributed by atoms with Crippen molar-refractivity contribution in [2.24, 2.45) is 0 Å². The van der Waals surface area contributed by atoms with Crippen molar-refractivity contribution in [1.82, 2.24) is 19.9 Å². The van der Waals surface area contributed by atoms with Crippen LogP contribution in [0.15, 0.2) is 70.5 Å². The summed E-state index contributed by atoms with van der Waals surface area (Å²) in [5.74, 6) is -0.122. The molecule has 2 aromatic carbocycles. The van der Waals surface area contributed by atoms with Gasteiger partial charge in [-0.15, -0.1) is 0 Å². The molecule has 0 aliphatic carbocycles. The van der Waals surface area contributed by atoms with Crippen molar-refractivity contribution in [2.75, 3.05) is 37.6 Å². The van der Waals surface area contributed by atoms with E-state index in [2.05, 4.69) is 40.0 Å². The van der Waals surface area contributed by atoms with Crippen LogP contribution in [0, 0.1) is 27.7 Å². The van der Waals surface area contributed by atoms with Crippen LogP contribution in [0.5, 0.6) is 0 Å². The maximum Gasteiger partial charge on any atom is 0.229 e. The van der Waals surface area contributed by atoms with Crippen LogP contribution < -0.4 is 22.1 Å². The van der Waals surface area contributed by atoms with Gasteiger partial charge in [0.2, 0.25) is 20.0 Å². The lowest BCUT2D eigenvalue weighted by Gasteiger charge is -2.15. The first kappa shape index (κ1) is 34.1. The fourth-order valence-electron chi connectivity index (χ4n) is 3.86. The molecule has 0 atom stereocenters. The molecule has 1 fully saturated rings. The second-order valence-electron chi connectivity index (χ2n) is 9.90. The molecule has 3 heterocycles. The van der Waals surface area contributed by atoms with Crippen molar-refractivity contribution >= 4 is 43.3 Å². The van der Waals surface area contributed by atoms with Crippen molar-refractivity contribution in [3.8, 4) is 0 Å². The summed E-state index contributed by atoms with van der Waals surface area (Å²) in [4.78, 5) is 16.0. The highest BCUT2D eigenvalue weighted by atomic mass is 32.2. The number of aryl methyl sites for hydroxylation is 4. The molecule has 5 rings (SSSR count). The summed E-state index contributed by atoms with van der Waals surface area (Å²) in [5, 5.41) is 4.72. The van der Waals surface area contributed by atoms with Crippen molar-refractivity contribution in [3.05, 3.63) is 92.9 Å². The largest absolute Gasteiger partial charge is 0.399 e. The molecule has 0 bridgehead atoms. The lowest BCUT2D eigenvalue weighted by molar-refractivity contribution is -0.787. The summed E-state index contributed by atoms with van der Waals surface area (Å²) in [5.41, 5.74) is 14.7. The number of hydrogen-bond donors (Lipinski definition) is 4. The van der Waals surface area contributed by atoms with E-state index in [1.54, 1.807) is 39.8 Å². The average molecular weight is 643 g/mol. The van der Waals surface area contributed by atoms with E-state index in [4.69, 9.17) is 11.5 Å². The van der Waals surface area contributed by atoms with Crippen LogP contribution in [0.3, 0.4) is 0 Å². The molecule has 2 aromatic heterocycles. The number of nitrogens with two attached hydrogens (primary N) is 4. The summed E-state index contributed by atoms with van der Waals surface area (Å²) in [7, 11) is -7.64. The highest BCUT2D eigenvalue weighted by Gasteiger charge is 2.12. The average Bonchev–Trinajstić information content (AvgIpc) is 2.93. The minimum Gasteiger partial charge on any atom is -0.399 e. The third-order valence-electron chi connectivity index (χ3n) is 5.85. The Balaban J connectivity index is 0.000000202. The predicted octanol–water partition coefficient (Wildman–Crippen LogP) is 1.27. The zero-order chi connectivity index (χ0) is 32.3. The number of nitrogen functional groups attached to an aromatic ring is 2. The number of aromatic nitrogens is 4. The van der Waals surface area contributed by atoms with E-state index < -0.39 is 20.0 Å².